The zero-order chi connectivity index (χ0) is 27.5. The SMILES string of the molecule is [B][C@H]1Cc2c(cc(O)c3c2C(=O)[C@](C)(C(=O)OC)N3)N(C(=O)c2cc3cc(OC)c(OC)c(OC)c3[nH]2)C1. The molecule has 2 aliphatic heterocycles. The van der Waals surface area contributed by atoms with Crippen LogP contribution < -0.4 is 24.4 Å². The molecule has 38 heavy (non-hydrogen) atoms. The molecule has 0 saturated heterocycles. The lowest BCUT2D eigenvalue weighted by molar-refractivity contribution is -0.143. The van der Waals surface area contributed by atoms with Crippen LogP contribution in [0.1, 0.15) is 33.3 Å². The molecule has 0 bridgehead atoms. The van der Waals surface area contributed by atoms with Gasteiger partial charge in [-0.15, -0.1) is 0 Å². The number of phenolic OH excluding ortho intramolecular Hbond substituents is 1. The number of rotatable bonds is 5. The number of ketones is 1. The van der Waals surface area contributed by atoms with Crippen LogP contribution in [0.4, 0.5) is 11.4 Å². The van der Waals surface area contributed by atoms with Crippen molar-refractivity contribution in [1.29, 1.82) is 0 Å². The predicted molar refractivity (Wildman–Crippen MR) is 139 cm³/mol. The zero-order valence-corrected chi connectivity index (χ0v) is 21.6. The number of carbonyl (C=O) groups is 3. The number of hydrogen-bond acceptors (Lipinski definition) is 9. The first kappa shape index (κ1) is 25.3. The first-order valence-corrected chi connectivity index (χ1v) is 11.8. The molecule has 3 heterocycles. The number of Topliss-reactive ketones (excluding diaryl/α,β-unsaturated/α-hetero) is 1. The van der Waals surface area contributed by atoms with Crippen LogP contribution in [0, 0.1) is 0 Å². The molecule has 0 spiro atoms. The minimum atomic E-state index is -1.72. The number of methoxy groups -OCH3 is 4. The van der Waals surface area contributed by atoms with E-state index in [4.69, 9.17) is 26.8 Å². The Labute approximate surface area is 219 Å². The third-order valence-corrected chi connectivity index (χ3v) is 7.11. The Bertz CT molecular complexity index is 1520. The number of nitrogens with one attached hydrogen (secondary N) is 2. The summed E-state index contributed by atoms with van der Waals surface area (Å²) in [5, 5.41) is 14.3. The van der Waals surface area contributed by atoms with E-state index < -0.39 is 29.0 Å². The molecule has 1 amide bonds. The molecule has 11 nitrogen and oxygen atoms in total. The monoisotopic (exact) mass is 519 g/mol. The molecule has 2 aromatic carbocycles. The molecule has 5 rings (SSSR count). The van der Waals surface area contributed by atoms with Crippen molar-refractivity contribution in [1.82, 2.24) is 4.98 Å². The molecule has 1 aromatic heterocycles. The van der Waals surface area contributed by atoms with Gasteiger partial charge in [0, 0.05) is 18.0 Å². The van der Waals surface area contributed by atoms with Gasteiger partial charge in [0.05, 0.1) is 58.7 Å². The molecule has 0 aliphatic carbocycles. The van der Waals surface area contributed by atoms with E-state index >= 15 is 0 Å². The van der Waals surface area contributed by atoms with Crippen LogP contribution >= 0.6 is 0 Å². The minimum Gasteiger partial charge on any atom is -0.506 e. The van der Waals surface area contributed by atoms with Crippen LogP contribution in [0.15, 0.2) is 18.2 Å². The van der Waals surface area contributed by atoms with E-state index in [-0.39, 0.29) is 35.7 Å². The largest absolute Gasteiger partial charge is 0.506 e. The van der Waals surface area contributed by atoms with Gasteiger partial charge >= 0.3 is 5.97 Å². The fraction of sp³-hybridized carbons (Fsp3) is 0.346. The van der Waals surface area contributed by atoms with Crippen molar-refractivity contribution in [2.24, 2.45) is 0 Å². The number of aromatic amines is 1. The van der Waals surface area contributed by atoms with Crippen molar-refractivity contribution >= 4 is 47.8 Å². The van der Waals surface area contributed by atoms with Crippen LogP contribution in [0.3, 0.4) is 0 Å². The zero-order valence-electron chi connectivity index (χ0n) is 21.6. The van der Waals surface area contributed by atoms with Crippen LogP contribution in [0.2, 0.25) is 5.82 Å². The summed E-state index contributed by atoms with van der Waals surface area (Å²) >= 11 is 0. The number of amides is 1. The average Bonchev–Trinajstić information content (AvgIpc) is 3.46. The summed E-state index contributed by atoms with van der Waals surface area (Å²) in [4.78, 5) is 44.2. The summed E-state index contributed by atoms with van der Waals surface area (Å²) in [6.45, 7) is 1.53. The van der Waals surface area contributed by atoms with Gasteiger partial charge in [0.2, 0.25) is 11.5 Å². The van der Waals surface area contributed by atoms with Crippen molar-refractivity contribution in [3.05, 3.63) is 35.0 Å². The highest BCUT2D eigenvalue weighted by Crippen LogP contribution is 2.48. The number of ether oxygens (including phenoxy) is 4. The van der Waals surface area contributed by atoms with E-state index in [9.17, 15) is 19.5 Å². The van der Waals surface area contributed by atoms with Crippen molar-refractivity contribution in [3.63, 3.8) is 0 Å². The highest BCUT2D eigenvalue weighted by atomic mass is 16.5. The smallest absolute Gasteiger partial charge is 0.339 e. The molecule has 12 heteroatoms. The number of carbonyl (C=O) groups excluding carboxylic acids is 3. The van der Waals surface area contributed by atoms with E-state index in [0.29, 0.717) is 39.4 Å². The van der Waals surface area contributed by atoms with Crippen molar-refractivity contribution in [2.45, 2.75) is 24.7 Å². The third kappa shape index (κ3) is 3.47. The third-order valence-electron chi connectivity index (χ3n) is 7.11. The van der Waals surface area contributed by atoms with Gasteiger partial charge in [0.25, 0.3) is 5.91 Å². The summed E-state index contributed by atoms with van der Waals surface area (Å²) in [6.07, 6.45) is 0.265. The molecule has 0 unspecified atom stereocenters. The van der Waals surface area contributed by atoms with Crippen LogP contribution in [0.25, 0.3) is 10.9 Å². The predicted octanol–water partition coefficient (Wildman–Crippen LogP) is 2.60. The number of esters is 1. The second kappa shape index (κ2) is 8.89. The molecule has 3 aromatic rings. The molecule has 0 fully saturated rings. The van der Waals surface area contributed by atoms with Crippen molar-refractivity contribution in [3.8, 4) is 23.0 Å². The standard InChI is InChI=1S/C26H26BN3O8/c1-26(25(34)38-5)23(32)18-13-8-12(27)10-30(15(13)9-16(31)20(18)29-26)24(33)14-6-11-7-17(35-2)21(36-3)22(37-4)19(11)28-14/h6-7,9,12,28-29,31H,8,10H2,1-5H3/t12-,26+/m0/s1. The lowest BCUT2D eigenvalue weighted by atomic mass is 9.76. The molecule has 2 aliphatic rings. The van der Waals surface area contributed by atoms with Crippen molar-refractivity contribution < 1.29 is 38.4 Å². The van der Waals surface area contributed by atoms with Gasteiger partial charge in [-0.05, 0) is 31.0 Å². The molecule has 0 saturated carbocycles. The second-order valence-electron chi connectivity index (χ2n) is 9.39. The number of aromatic nitrogens is 1. The first-order chi connectivity index (χ1) is 18.1. The highest BCUT2D eigenvalue weighted by molar-refractivity contribution is 6.27. The van der Waals surface area contributed by atoms with Gasteiger partial charge in [-0.1, -0.05) is 5.82 Å². The van der Waals surface area contributed by atoms with Crippen LogP contribution in [0.5, 0.6) is 23.0 Å². The number of phenols is 1. The molecule has 2 atom stereocenters. The molecule has 3 N–H and O–H groups in total. The van der Waals surface area contributed by atoms with E-state index in [1.807, 2.05) is 0 Å². The Morgan fingerprint density at radius 3 is 2.45 bits per heavy atom. The fourth-order valence-electron chi connectivity index (χ4n) is 5.28. The highest BCUT2D eigenvalue weighted by Gasteiger charge is 2.52. The lowest BCUT2D eigenvalue weighted by Gasteiger charge is -2.34. The number of benzene rings is 2. The average molecular weight is 519 g/mol. The molecular weight excluding hydrogens is 493 g/mol. The topological polar surface area (TPSA) is 139 Å². The Morgan fingerprint density at radius 1 is 1.11 bits per heavy atom. The van der Waals surface area contributed by atoms with Gasteiger partial charge in [0.15, 0.2) is 17.0 Å². The van der Waals surface area contributed by atoms with Gasteiger partial charge in [-0.2, -0.15) is 0 Å². The van der Waals surface area contributed by atoms with Crippen molar-refractivity contribution in [2.75, 3.05) is 45.2 Å². The van der Waals surface area contributed by atoms with Gasteiger partial charge in [-0.25, -0.2) is 4.79 Å². The number of hydrogen-bond donors (Lipinski definition) is 3. The fourth-order valence-corrected chi connectivity index (χ4v) is 5.28. The number of anilines is 2. The summed E-state index contributed by atoms with van der Waals surface area (Å²) in [7, 11) is 12.0. The second-order valence-corrected chi connectivity index (χ2v) is 9.39. The maximum Gasteiger partial charge on any atom is 0.339 e. The Hall–Kier alpha value is -4.35. The number of fused-ring (bicyclic) bond motifs is 4. The Kier molecular flexibility index (Phi) is 5.92. The summed E-state index contributed by atoms with van der Waals surface area (Å²) < 4.78 is 21.2. The summed E-state index contributed by atoms with van der Waals surface area (Å²) in [5.41, 5.74) is 0.0558. The number of nitrogens with zero attached hydrogens (tertiary/aromatic N) is 1. The minimum absolute atomic E-state index is 0.109. The molecular formula is C26H26BN3O8. The number of aromatic hydroxyl groups is 1. The van der Waals surface area contributed by atoms with Gasteiger partial charge < -0.3 is 39.3 Å². The quantitative estimate of drug-likeness (QED) is 0.201. The maximum absolute atomic E-state index is 13.8. The summed E-state index contributed by atoms with van der Waals surface area (Å²) in [5.74, 6) is -1.41. The van der Waals surface area contributed by atoms with E-state index in [1.165, 1.54) is 46.3 Å². The molecule has 196 valence electrons. The summed E-state index contributed by atoms with van der Waals surface area (Å²) in [6, 6.07) is 4.77. The maximum atomic E-state index is 13.8. The normalized spacial score (nSPS) is 20.0. The Balaban J connectivity index is 1.63. The van der Waals surface area contributed by atoms with E-state index in [2.05, 4.69) is 10.3 Å². The molecule has 2 radical (unpaired) electrons. The van der Waals surface area contributed by atoms with Gasteiger partial charge in [-0.3, -0.25) is 9.59 Å². The Morgan fingerprint density at radius 2 is 1.82 bits per heavy atom. The van der Waals surface area contributed by atoms with E-state index in [1.54, 1.807) is 12.1 Å². The first-order valence-electron chi connectivity index (χ1n) is 11.8. The van der Waals surface area contributed by atoms with Crippen LogP contribution in [-0.2, 0) is 16.0 Å². The van der Waals surface area contributed by atoms with Crippen LogP contribution in [-0.4, -0.2) is 76.1 Å². The van der Waals surface area contributed by atoms with E-state index in [0.717, 1.165) is 0 Å². The lowest BCUT2D eigenvalue weighted by Crippen LogP contribution is -2.47. The van der Waals surface area contributed by atoms with Gasteiger partial charge in [0.1, 0.15) is 11.4 Å². The number of H-pyrrole nitrogens is 1.